The van der Waals surface area contributed by atoms with Crippen LogP contribution in [-0.2, 0) is 30.7 Å². The Balaban J connectivity index is 2.10. The van der Waals surface area contributed by atoms with Gasteiger partial charge in [0.25, 0.3) is 0 Å². The van der Waals surface area contributed by atoms with Gasteiger partial charge in [0, 0.05) is 25.7 Å². The Morgan fingerprint density at radius 1 is 1.25 bits per heavy atom. The summed E-state index contributed by atoms with van der Waals surface area (Å²) in [6, 6.07) is 9.47. The molecular weight excluding hydrogens is 380 g/mol. The lowest BCUT2D eigenvalue weighted by atomic mass is 10.1. The first-order valence-electron chi connectivity index (χ1n) is 9.59. The van der Waals surface area contributed by atoms with E-state index in [1.165, 1.54) is 7.11 Å². The Morgan fingerprint density at radius 3 is 2.46 bits per heavy atom. The second-order valence-electron chi connectivity index (χ2n) is 7.32. The molecule has 0 spiro atoms. The zero-order chi connectivity index (χ0) is 20.7. The number of sulfone groups is 1. The number of hydrogen-bond donors (Lipinski definition) is 0. The third-order valence-electron chi connectivity index (χ3n) is 5.05. The molecule has 0 saturated carbocycles. The molecular formula is C20H30N2O5S. The summed E-state index contributed by atoms with van der Waals surface area (Å²) < 4.78 is 28.4. The lowest BCUT2D eigenvalue weighted by Crippen LogP contribution is -2.47. The van der Waals surface area contributed by atoms with Gasteiger partial charge in [0.1, 0.15) is 0 Å². The van der Waals surface area contributed by atoms with Crippen molar-refractivity contribution < 1.29 is 22.7 Å². The molecule has 0 aliphatic carbocycles. The number of esters is 1. The lowest BCUT2D eigenvalue weighted by Gasteiger charge is -2.31. The van der Waals surface area contributed by atoms with Crippen LogP contribution in [0, 0.1) is 5.92 Å². The maximum absolute atomic E-state index is 13.0. The van der Waals surface area contributed by atoms with Gasteiger partial charge in [0.2, 0.25) is 5.91 Å². The molecule has 1 aromatic carbocycles. The van der Waals surface area contributed by atoms with Gasteiger partial charge >= 0.3 is 5.97 Å². The number of ether oxygens (including phenoxy) is 1. The van der Waals surface area contributed by atoms with E-state index in [0.29, 0.717) is 26.1 Å². The number of carbonyl (C=O) groups excluding carboxylic acids is 2. The summed E-state index contributed by atoms with van der Waals surface area (Å²) >= 11 is 0. The molecule has 8 heteroatoms. The fraction of sp³-hybridized carbons (Fsp3) is 0.600. The summed E-state index contributed by atoms with van der Waals surface area (Å²) in [5.41, 5.74) is 1.04. The molecule has 1 aliphatic rings. The second kappa shape index (κ2) is 10.0. The van der Waals surface area contributed by atoms with Gasteiger partial charge in [-0.15, -0.1) is 0 Å². The molecule has 1 aromatic rings. The molecule has 2 rings (SSSR count). The molecule has 0 aromatic heterocycles. The normalized spacial score (nSPS) is 19.4. The predicted octanol–water partition coefficient (Wildman–Crippen LogP) is 1.33. The number of likely N-dealkylation sites (N-methyl/N-ethyl adjacent to an activating group) is 1. The van der Waals surface area contributed by atoms with Gasteiger partial charge in [-0.1, -0.05) is 37.3 Å². The van der Waals surface area contributed by atoms with Crippen LogP contribution in [0.1, 0.15) is 25.8 Å². The Kier molecular flexibility index (Phi) is 8.00. The Bertz CT molecular complexity index is 766. The van der Waals surface area contributed by atoms with Crippen LogP contribution in [-0.4, -0.2) is 74.4 Å². The molecule has 2 atom stereocenters. The van der Waals surface area contributed by atoms with E-state index in [4.69, 9.17) is 4.74 Å². The number of carbonyl (C=O) groups is 2. The summed E-state index contributed by atoms with van der Waals surface area (Å²) in [6.45, 7) is 5.13. The zero-order valence-corrected chi connectivity index (χ0v) is 17.7. The zero-order valence-electron chi connectivity index (χ0n) is 16.8. The summed E-state index contributed by atoms with van der Waals surface area (Å²) in [5.74, 6) is -0.640. The highest BCUT2D eigenvalue weighted by Gasteiger charge is 2.34. The highest BCUT2D eigenvalue weighted by molar-refractivity contribution is 7.91. The summed E-state index contributed by atoms with van der Waals surface area (Å²) in [6.07, 6.45) is 0.485. The molecule has 156 valence electrons. The molecule has 7 nitrogen and oxygen atoms in total. The minimum absolute atomic E-state index is 0.0316. The maximum Gasteiger partial charge on any atom is 0.309 e. The molecule has 1 fully saturated rings. The molecule has 1 amide bonds. The van der Waals surface area contributed by atoms with Crippen LogP contribution < -0.4 is 0 Å². The van der Waals surface area contributed by atoms with Crippen LogP contribution >= 0.6 is 0 Å². The van der Waals surface area contributed by atoms with E-state index in [1.54, 1.807) is 11.8 Å². The minimum atomic E-state index is -3.06. The SMILES string of the molecule is CCN(C(=O)CN(Cc1ccccc1)CC(C)C(=O)OC)C1CCS(=O)(=O)C1. The summed E-state index contributed by atoms with van der Waals surface area (Å²) in [7, 11) is -1.71. The Morgan fingerprint density at radius 2 is 1.93 bits per heavy atom. The van der Waals surface area contributed by atoms with Crippen LogP contribution in [0.3, 0.4) is 0 Å². The van der Waals surface area contributed by atoms with Gasteiger partial charge in [0.15, 0.2) is 9.84 Å². The predicted molar refractivity (Wildman–Crippen MR) is 107 cm³/mol. The van der Waals surface area contributed by atoms with Gasteiger partial charge in [-0.25, -0.2) is 8.42 Å². The Labute approximate surface area is 167 Å². The Hall–Kier alpha value is -1.93. The van der Waals surface area contributed by atoms with E-state index in [9.17, 15) is 18.0 Å². The summed E-state index contributed by atoms with van der Waals surface area (Å²) in [5, 5.41) is 0. The molecule has 0 N–H and O–H groups in total. The fourth-order valence-corrected chi connectivity index (χ4v) is 5.36. The van der Waals surface area contributed by atoms with Gasteiger partial charge in [-0.2, -0.15) is 0 Å². The smallest absolute Gasteiger partial charge is 0.309 e. The van der Waals surface area contributed by atoms with Crippen molar-refractivity contribution in [3.8, 4) is 0 Å². The lowest BCUT2D eigenvalue weighted by molar-refractivity contribution is -0.146. The van der Waals surface area contributed by atoms with Gasteiger partial charge < -0.3 is 9.64 Å². The number of nitrogens with zero attached hydrogens (tertiary/aromatic N) is 2. The van der Waals surface area contributed by atoms with Crippen molar-refractivity contribution in [2.24, 2.45) is 5.92 Å². The van der Waals surface area contributed by atoms with Crippen molar-refractivity contribution in [2.45, 2.75) is 32.9 Å². The first kappa shape index (κ1) is 22.4. The molecule has 2 unspecified atom stereocenters. The monoisotopic (exact) mass is 410 g/mol. The van der Waals surface area contributed by atoms with Crippen LogP contribution in [0.15, 0.2) is 30.3 Å². The van der Waals surface area contributed by atoms with E-state index in [1.807, 2.05) is 42.2 Å². The van der Waals surface area contributed by atoms with Crippen molar-refractivity contribution in [3.63, 3.8) is 0 Å². The molecule has 28 heavy (non-hydrogen) atoms. The maximum atomic E-state index is 13.0. The number of hydrogen-bond acceptors (Lipinski definition) is 6. The number of methoxy groups -OCH3 is 1. The van der Waals surface area contributed by atoms with Gasteiger partial charge in [-0.3, -0.25) is 14.5 Å². The topological polar surface area (TPSA) is 84.0 Å². The fourth-order valence-electron chi connectivity index (χ4n) is 3.63. The van der Waals surface area contributed by atoms with Crippen molar-refractivity contribution in [1.29, 1.82) is 0 Å². The molecule has 0 radical (unpaired) electrons. The van der Waals surface area contributed by atoms with Crippen molar-refractivity contribution in [1.82, 2.24) is 9.80 Å². The largest absolute Gasteiger partial charge is 0.469 e. The third kappa shape index (κ3) is 6.31. The number of benzene rings is 1. The summed E-state index contributed by atoms with van der Waals surface area (Å²) in [4.78, 5) is 28.4. The van der Waals surface area contributed by atoms with Crippen LogP contribution in [0.4, 0.5) is 0 Å². The van der Waals surface area contributed by atoms with Crippen molar-refractivity contribution >= 4 is 21.7 Å². The molecule has 1 saturated heterocycles. The molecule has 1 aliphatic heterocycles. The van der Waals surface area contributed by atoms with E-state index >= 15 is 0 Å². The van der Waals surface area contributed by atoms with Crippen LogP contribution in [0.5, 0.6) is 0 Å². The van der Waals surface area contributed by atoms with Crippen LogP contribution in [0.2, 0.25) is 0 Å². The minimum Gasteiger partial charge on any atom is -0.469 e. The number of rotatable bonds is 9. The highest BCUT2D eigenvalue weighted by atomic mass is 32.2. The molecule has 1 heterocycles. The highest BCUT2D eigenvalue weighted by Crippen LogP contribution is 2.18. The standard InChI is InChI=1S/C20H30N2O5S/c1-4-22(18-10-11-28(25,26)15-18)19(23)14-21(12-16(2)20(24)27-3)13-17-8-6-5-7-9-17/h5-9,16,18H,4,10-15H2,1-3H3. The first-order valence-corrected chi connectivity index (χ1v) is 11.4. The van der Waals surface area contributed by atoms with Gasteiger partial charge in [0.05, 0.1) is 31.1 Å². The van der Waals surface area contributed by atoms with Gasteiger partial charge in [-0.05, 0) is 18.9 Å². The average molecular weight is 411 g/mol. The van der Waals surface area contributed by atoms with Crippen LogP contribution in [0.25, 0.3) is 0 Å². The van der Waals surface area contributed by atoms with E-state index in [-0.39, 0.29) is 41.9 Å². The van der Waals surface area contributed by atoms with Crippen molar-refractivity contribution in [2.75, 3.05) is 38.2 Å². The average Bonchev–Trinajstić information content (AvgIpc) is 3.01. The third-order valence-corrected chi connectivity index (χ3v) is 6.80. The number of amides is 1. The second-order valence-corrected chi connectivity index (χ2v) is 9.54. The van der Waals surface area contributed by atoms with Crippen molar-refractivity contribution in [3.05, 3.63) is 35.9 Å². The quantitative estimate of drug-likeness (QED) is 0.571. The molecule has 0 bridgehead atoms. The van der Waals surface area contributed by atoms with E-state index in [2.05, 4.69) is 0 Å². The van der Waals surface area contributed by atoms with E-state index in [0.717, 1.165) is 5.56 Å². The van der Waals surface area contributed by atoms with E-state index < -0.39 is 9.84 Å². The first-order chi connectivity index (χ1) is 13.3.